The van der Waals surface area contributed by atoms with Gasteiger partial charge in [-0.05, 0) is 79.3 Å². The van der Waals surface area contributed by atoms with Gasteiger partial charge in [-0.15, -0.1) is 0 Å². The highest BCUT2D eigenvalue weighted by Crippen LogP contribution is 2.59. The third kappa shape index (κ3) is 7.25. The molecule has 0 aromatic heterocycles. The summed E-state index contributed by atoms with van der Waals surface area (Å²) < 4.78 is 5.67. The van der Waals surface area contributed by atoms with Gasteiger partial charge >= 0.3 is 0 Å². The number of hydrogen-bond donors (Lipinski definition) is 0. The average Bonchev–Trinajstić information content (AvgIpc) is 2.96. The van der Waals surface area contributed by atoms with Crippen LogP contribution in [-0.2, 0) is 11.2 Å². The van der Waals surface area contributed by atoms with E-state index in [9.17, 15) is 4.79 Å². The number of nitrogens with zero attached hydrogens (tertiary/aromatic N) is 3. The Labute approximate surface area is 239 Å². The van der Waals surface area contributed by atoms with Crippen molar-refractivity contribution >= 4 is 17.5 Å². The predicted molar refractivity (Wildman–Crippen MR) is 159 cm³/mol. The lowest BCUT2D eigenvalue weighted by Gasteiger charge is -2.57. The number of ether oxygens (including phenoxy) is 1. The standard InChI is InChI=1S/C33H44ClN3O2/c1-33(2)28-11-10-27(31(33)23-28)24-36(16-6-9-26-7-4-3-5-8-26)18-17-35-19-21-37(22-20-35)32(38)25-39-30-14-12-29(34)13-15-30/h3-5,7-8,10,12-15,28,31H,6,9,11,16-25H2,1-2H3. The highest BCUT2D eigenvalue weighted by molar-refractivity contribution is 6.30. The Kier molecular flexibility index (Phi) is 9.32. The third-order valence-electron chi connectivity index (χ3n) is 9.40. The van der Waals surface area contributed by atoms with Crippen molar-refractivity contribution in [1.29, 1.82) is 0 Å². The first-order chi connectivity index (χ1) is 18.9. The van der Waals surface area contributed by atoms with Gasteiger partial charge in [0.1, 0.15) is 5.75 Å². The van der Waals surface area contributed by atoms with Gasteiger partial charge in [0.05, 0.1) is 0 Å². The fourth-order valence-corrected chi connectivity index (χ4v) is 6.73. The molecule has 1 amide bonds. The normalized spacial score (nSPS) is 22.4. The Morgan fingerprint density at radius 1 is 1.03 bits per heavy atom. The van der Waals surface area contributed by atoms with E-state index in [0.717, 1.165) is 70.6 Å². The molecule has 2 bridgehead atoms. The Bertz CT molecular complexity index is 1110. The van der Waals surface area contributed by atoms with Crippen molar-refractivity contribution in [2.24, 2.45) is 17.3 Å². The number of carbonyl (C=O) groups excluding carboxylic acids is 1. The second-order valence-corrected chi connectivity index (χ2v) is 12.6. The molecule has 2 aromatic rings. The number of fused-ring (bicyclic) bond motifs is 1. The summed E-state index contributed by atoms with van der Waals surface area (Å²) in [7, 11) is 0. The summed E-state index contributed by atoms with van der Waals surface area (Å²) in [5, 5.41) is 0.663. The predicted octanol–water partition coefficient (Wildman–Crippen LogP) is 5.79. The van der Waals surface area contributed by atoms with Crippen LogP contribution in [0, 0.1) is 17.3 Å². The van der Waals surface area contributed by atoms with Crippen LogP contribution >= 0.6 is 11.6 Å². The van der Waals surface area contributed by atoms with Gasteiger partial charge in [0, 0.05) is 50.8 Å². The van der Waals surface area contributed by atoms with Gasteiger partial charge in [0.25, 0.3) is 5.91 Å². The minimum absolute atomic E-state index is 0.0535. The summed E-state index contributed by atoms with van der Waals surface area (Å²) in [6.45, 7) is 12.8. The van der Waals surface area contributed by atoms with Crippen molar-refractivity contribution in [2.45, 2.75) is 39.5 Å². The third-order valence-corrected chi connectivity index (χ3v) is 9.66. The van der Waals surface area contributed by atoms with Gasteiger partial charge < -0.3 is 9.64 Å². The molecule has 39 heavy (non-hydrogen) atoms. The van der Waals surface area contributed by atoms with Crippen molar-refractivity contribution in [2.75, 3.05) is 59.0 Å². The van der Waals surface area contributed by atoms with Crippen LogP contribution in [0.5, 0.6) is 5.75 Å². The van der Waals surface area contributed by atoms with Crippen LogP contribution in [0.2, 0.25) is 5.02 Å². The molecule has 210 valence electrons. The molecular weight excluding hydrogens is 506 g/mol. The molecule has 1 heterocycles. The van der Waals surface area contributed by atoms with Gasteiger partial charge in [0.2, 0.25) is 0 Å². The maximum absolute atomic E-state index is 12.7. The largest absolute Gasteiger partial charge is 0.484 e. The Morgan fingerprint density at radius 2 is 1.77 bits per heavy atom. The molecule has 2 aromatic carbocycles. The number of benzene rings is 2. The lowest BCUT2D eigenvalue weighted by molar-refractivity contribution is -0.135. The molecule has 4 aliphatic rings. The molecule has 3 aliphatic carbocycles. The number of hydrogen-bond acceptors (Lipinski definition) is 4. The highest BCUT2D eigenvalue weighted by Gasteiger charge is 2.51. The van der Waals surface area contributed by atoms with Crippen LogP contribution in [0.4, 0.5) is 0 Å². The van der Waals surface area contributed by atoms with Crippen LogP contribution in [-0.4, -0.2) is 79.6 Å². The van der Waals surface area contributed by atoms with Crippen LogP contribution in [0.15, 0.2) is 66.2 Å². The number of aryl methyl sites for hydroxylation is 1. The van der Waals surface area contributed by atoms with E-state index in [2.05, 4.69) is 60.1 Å². The first-order valence-electron chi connectivity index (χ1n) is 14.7. The van der Waals surface area contributed by atoms with Crippen LogP contribution < -0.4 is 4.74 Å². The van der Waals surface area contributed by atoms with Gasteiger partial charge in [0.15, 0.2) is 6.61 Å². The zero-order valence-corrected chi connectivity index (χ0v) is 24.4. The second-order valence-electron chi connectivity index (χ2n) is 12.2. The van der Waals surface area contributed by atoms with E-state index >= 15 is 0 Å². The minimum atomic E-state index is 0.0535. The summed E-state index contributed by atoms with van der Waals surface area (Å²) in [5.74, 6) is 2.37. The van der Waals surface area contributed by atoms with Crippen molar-refractivity contribution < 1.29 is 9.53 Å². The first kappa shape index (κ1) is 28.2. The molecule has 0 spiro atoms. The van der Waals surface area contributed by atoms with Gasteiger partial charge in [-0.3, -0.25) is 14.6 Å². The van der Waals surface area contributed by atoms with Crippen molar-refractivity contribution in [3.05, 3.63) is 76.8 Å². The lowest BCUT2D eigenvalue weighted by Crippen LogP contribution is -2.52. The number of amides is 1. The van der Waals surface area contributed by atoms with E-state index in [-0.39, 0.29) is 12.5 Å². The van der Waals surface area contributed by atoms with E-state index in [0.29, 0.717) is 16.2 Å². The molecule has 5 nitrogen and oxygen atoms in total. The minimum Gasteiger partial charge on any atom is -0.484 e. The summed E-state index contributed by atoms with van der Waals surface area (Å²) in [4.78, 5) is 19.8. The van der Waals surface area contributed by atoms with Crippen LogP contribution in [0.1, 0.15) is 38.7 Å². The van der Waals surface area contributed by atoms with Crippen LogP contribution in [0.25, 0.3) is 0 Å². The SMILES string of the molecule is CC1(C)C2CC=C(CN(CCCc3ccccc3)CCN3CCN(C(=O)COc4ccc(Cl)cc4)CC3)C1C2. The van der Waals surface area contributed by atoms with E-state index in [4.69, 9.17) is 16.3 Å². The highest BCUT2D eigenvalue weighted by atomic mass is 35.5. The molecule has 1 saturated carbocycles. The molecule has 2 atom stereocenters. The smallest absolute Gasteiger partial charge is 0.260 e. The zero-order valence-electron chi connectivity index (χ0n) is 23.7. The van der Waals surface area contributed by atoms with Crippen LogP contribution in [0.3, 0.4) is 0 Å². The van der Waals surface area contributed by atoms with Crippen molar-refractivity contribution in [1.82, 2.24) is 14.7 Å². The monoisotopic (exact) mass is 549 g/mol. The van der Waals surface area contributed by atoms with Crippen molar-refractivity contribution in [3.8, 4) is 5.75 Å². The lowest BCUT2D eigenvalue weighted by atomic mass is 9.49. The Morgan fingerprint density at radius 3 is 2.46 bits per heavy atom. The number of piperazine rings is 1. The molecule has 1 aliphatic heterocycles. The van der Waals surface area contributed by atoms with Crippen molar-refractivity contribution in [3.63, 3.8) is 0 Å². The quantitative estimate of drug-likeness (QED) is 0.314. The second kappa shape index (κ2) is 12.9. The molecule has 2 unspecified atom stereocenters. The van der Waals surface area contributed by atoms with Gasteiger partial charge in [-0.2, -0.15) is 0 Å². The summed E-state index contributed by atoms with van der Waals surface area (Å²) in [6, 6.07) is 18.0. The number of halogens is 1. The molecule has 0 N–H and O–H groups in total. The molecular formula is C33H44ClN3O2. The van der Waals surface area contributed by atoms with E-state index in [1.165, 1.54) is 24.8 Å². The fraction of sp³-hybridized carbons (Fsp3) is 0.545. The maximum atomic E-state index is 12.7. The van der Waals surface area contributed by atoms with E-state index < -0.39 is 0 Å². The van der Waals surface area contributed by atoms with Gasteiger partial charge in [-0.1, -0.05) is 67.4 Å². The Balaban J connectivity index is 1.08. The Hall–Kier alpha value is -2.34. The van der Waals surface area contributed by atoms with Gasteiger partial charge in [-0.25, -0.2) is 0 Å². The molecule has 6 heteroatoms. The topological polar surface area (TPSA) is 36.0 Å². The molecule has 1 saturated heterocycles. The summed E-state index contributed by atoms with van der Waals surface area (Å²) in [5.41, 5.74) is 3.58. The zero-order chi connectivity index (χ0) is 27.2. The maximum Gasteiger partial charge on any atom is 0.260 e. The summed E-state index contributed by atoms with van der Waals surface area (Å²) >= 11 is 5.93. The number of allylic oxidation sites excluding steroid dienone is 1. The fourth-order valence-electron chi connectivity index (χ4n) is 6.61. The molecule has 2 fully saturated rings. The molecule has 0 radical (unpaired) electrons. The first-order valence-corrected chi connectivity index (χ1v) is 15.1. The summed E-state index contributed by atoms with van der Waals surface area (Å²) in [6.07, 6.45) is 7.52. The number of carbonyl (C=O) groups is 1. The van der Waals surface area contributed by atoms with E-state index in [1.807, 2.05) is 4.90 Å². The average molecular weight is 550 g/mol. The van der Waals surface area contributed by atoms with E-state index in [1.54, 1.807) is 29.8 Å². The number of rotatable bonds is 12. The molecule has 6 rings (SSSR count).